The van der Waals surface area contributed by atoms with Crippen LogP contribution in [0.3, 0.4) is 0 Å². The molecule has 0 atom stereocenters. The van der Waals surface area contributed by atoms with Crippen molar-refractivity contribution >= 4 is 21.6 Å². The number of nitrogens with one attached hydrogen (secondary N) is 1. The van der Waals surface area contributed by atoms with E-state index in [1.165, 1.54) is 0 Å². The second-order valence-electron chi connectivity index (χ2n) is 5.96. The number of nitriles is 1. The fraction of sp³-hybridized carbons (Fsp3) is 0.222. The molecule has 1 aliphatic rings. The molecule has 0 bridgehead atoms. The average molecular weight is 387 g/mol. The zero-order chi connectivity index (χ0) is 19.4. The first-order valence-corrected chi connectivity index (χ1v) is 9.83. The summed E-state index contributed by atoms with van der Waals surface area (Å²) >= 11 is 0. The first kappa shape index (κ1) is 18.7. The molecule has 8 nitrogen and oxygen atoms in total. The van der Waals surface area contributed by atoms with E-state index in [0.717, 1.165) is 10.6 Å². The molecule has 0 unspecified atom stereocenters. The number of rotatable bonds is 6. The van der Waals surface area contributed by atoms with Gasteiger partial charge in [-0.05, 0) is 42.0 Å². The molecule has 9 heteroatoms. The summed E-state index contributed by atoms with van der Waals surface area (Å²) in [4.78, 5) is 12.3. The third-order valence-corrected chi connectivity index (χ3v) is 5.08. The summed E-state index contributed by atoms with van der Waals surface area (Å²) < 4.78 is 35.8. The number of anilines is 1. The van der Waals surface area contributed by atoms with Crippen molar-refractivity contribution in [2.75, 3.05) is 24.9 Å². The van der Waals surface area contributed by atoms with Gasteiger partial charge in [-0.25, -0.2) is 8.42 Å². The van der Waals surface area contributed by atoms with Crippen LogP contribution in [0.1, 0.15) is 11.1 Å². The average Bonchev–Trinajstić information content (AvgIpc) is 3.09. The lowest BCUT2D eigenvalue weighted by atomic mass is 10.2. The highest BCUT2D eigenvalue weighted by Gasteiger charge is 2.22. The molecular weight excluding hydrogens is 370 g/mol. The Morgan fingerprint density at radius 1 is 1.19 bits per heavy atom. The van der Waals surface area contributed by atoms with Gasteiger partial charge in [0, 0.05) is 12.2 Å². The van der Waals surface area contributed by atoms with E-state index in [9.17, 15) is 13.2 Å². The van der Waals surface area contributed by atoms with Crippen molar-refractivity contribution in [2.24, 2.45) is 0 Å². The SMILES string of the molecule is CS(=O)(=O)N(CC(=O)Nc1ccc(C#N)cc1)Cc1ccc2c(c1)OCO2. The molecule has 2 aromatic carbocycles. The van der Waals surface area contributed by atoms with Crippen LogP contribution in [-0.4, -0.2) is 38.2 Å². The van der Waals surface area contributed by atoms with Crippen LogP contribution in [0, 0.1) is 11.3 Å². The molecule has 0 aromatic heterocycles. The molecule has 1 amide bonds. The van der Waals surface area contributed by atoms with E-state index >= 15 is 0 Å². The lowest BCUT2D eigenvalue weighted by molar-refractivity contribution is -0.116. The molecule has 140 valence electrons. The van der Waals surface area contributed by atoms with E-state index in [-0.39, 0.29) is 19.9 Å². The minimum Gasteiger partial charge on any atom is -0.454 e. The quantitative estimate of drug-likeness (QED) is 0.808. The number of nitrogens with zero attached hydrogens (tertiary/aromatic N) is 2. The largest absolute Gasteiger partial charge is 0.454 e. The minimum atomic E-state index is -3.62. The fourth-order valence-electron chi connectivity index (χ4n) is 2.52. The Labute approximate surface area is 157 Å². The molecule has 2 aromatic rings. The summed E-state index contributed by atoms with van der Waals surface area (Å²) in [6.07, 6.45) is 1.05. The summed E-state index contributed by atoms with van der Waals surface area (Å²) in [5.41, 5.74) is 1.62. The van der Waals surface area contributed by atoms with E-state index in [2.05, 4.69) is 5.32 Å². The van der Waals surface area contributed by atoms with Gasteiger partial charge in [0.25, 0.3) is 0 Å². The van der Waals surface area contributed by atoms with Gasteiger partial charge in [0.1, 0.15) is 0 Å². The lowest BCUT2D eigenvalue weighted by Gasteiger charge is -2.19. The maximum atomic E-state index is 12.3. The van der Waals surface area contributed by atoms with Crippen molar-refractivity contribution in [3.63, 3.8) is 0 Å². The van der Waals surface area contributed by atoms with Gasteiger partial charge in [-0.2, -0.15) is 9.57 Å². The Morgan fingerprint density at radius 3 is 2.56 bits per heavy atom. The molecule has 0 aliphatic carbocycles. The number of sulfonamides is 1. The molecule has 0 fully saturated rings. The molecular formula is C18H17N3O5S. The van der Waals surface area contributed by atoms with Crippen LogP contribution in [0.15, 0.2) is 42.5 Å². The number of ether oxygens (including phenoxy) is 2. The number of benzene rings is 2. The van der Waals surface area contributed by atoms with Crippen molar-refractivity contribution in [1.82, 2.24) is 4.31 Å². The standard InChI is InChI=1S/C18H17N3O5S/c1-27(23,24)21(10-14-4-7-16-17(8-14)26-12-25-16)11-18(22)20-15-5-2-13(9-19)3-6-15/h2-8H,10-12H2,1H3,(H,20,22). The van der Waals surface area contributed by atoms with Gasteiger partial charge < -0.3 is 14.8 Å². The normalized spacial score (nSPS) is 12.6. The number of fused-ring (bicyclic) bond motifs is 1. The van der Waals surface area contributed by atoms with Gasteiger partial charge >= 0.3 is 0 Å². The highest BCUT2D eigenvalue weighted by molar-refractivity contribution is 7.88. The van der Waals surface area contributed by atoms with Gasteiger partial charge in [-0.1, -0.05) is 6.07 Å². The van der Waals surface area contributed by atoms with E-state index < -0.39 is 15.9 Å². The van der Waals surface area contributed by atoms with Crippen molar-refractivity contribution in [1.29, 1.82) is 5.26 Å². The lowest BCUT2D eigenvalue weighted by Crippen LogP contribution is -2.36. The van der Waals surface area contributed by atoms with Crippen LogP contribution in [0.2, 0.25) is 0 Å². The van der Waals surface area contributed by atoms with Crippen molar-refractivity contribution in [3.8, 4) is 17.6 Å². The maximum absolute atomic E-state index is 12.3. The van der Waals surface area contributed by atoms with Crippen LogP contribution in [-0.2, 0) is 21.4 Å². The molecule has 1 aliphatic heterocycles. The summed E-state index contributed by atoms with van der Waals surface area (Å²) in [5, 5.41) is 11.4. The third-order valence-electron chi connectivity index (χ3n) is 3.88. The Morgan fingerprint density at radius 2 is 1.89 bits per heavy atom. The Balaban J connectivity index is 1.69. The topological polar surface area (TPSA) is 109 Å². The first-order valence-electron chi connectivity index (χ1n) is 7.99. The highest BCUT2D eigenvalue weighted by atomic mass is 32.2. The number of amides is 1. The van der Waals surface area contributed by atoms with E-state index in [4.69, 9.17) is 14.7 Å². The second-order valence-corrected chi connectivity index (χ2v) is 7.94. The second kappa shape index (κ2) is 7.65. The predicted octanol–water partition coefficient (Wildman–Crippen LogP) is 1.69. The van der Waals surface area contributed by atoms with Gasteiger partial charge in [-0.15, -0.1) is 0 Å². The molecule has 0 spiro atoms. The number of carbonyl (C=O) groups excluding carboxylic acids is 1. The molecule has 1 heterocycles. The van der Waals surface area contributed by atoms with E-state index in [1.807, 2.05) is 6.07 Å². The van der Waals surface area contributed by atoms with E-state index in [0.29, 0.717) is 28.3 Å². The van der Waals surface area contributed by atoms with Crippen molar-refractivity contribution in [2.45, 2.75) is 6.54 Å². The summed E-state index contributed by atoms with van der Waals surface area (Å²) in [6.45, 7) is -0.189. The summed E-state index contributed by atoms with van der Waals surface area (Å²) in [7, 11) is -3.62. The van der Waals surface area contributed by atoms with Crippen LogP contribution in [0.4, 0.5) is 5.69 Å². The molecule has 1 N–H and O–H groups in total. The Hall–Kier alpha value is -3.09. The maximum Gasteiger partial charge on any atom is 0.239 e. The van der Waals surface area contributed by atoms with E-state index in [1.54, 1.807) is 42.5 Å². The minimum absolute atomic E-state index is 0.0241. The predicted molar refractivity (Wildman–Crippen MR) is 97.6 cm³/mol. The smallest absolute Gasteiger partial charge is 0.239 e. The Bertz CT molecular complexity index is 997. The zero-order valence-corrected chi connectivity index (χ0v) is 15.3. The number of hydrogen-bond acceptors (Lipinski definition) is 6. The number of hydrogen-bond donors (Lipinski definition) is 1. The summed E-state index contributed by atoms with van der Waals surface area (Å²) in [6, 6.07) is 13.4. The third kappa shape index (κ3) is 4.75. The van der Waals surface area contributed by atoms with Crippen molar-refractivity contribution in [3.05, 3.63) is 53.6 Å². The molecule has 27 heavy (non-hydrogen) atoms. The van der Waals surface area contributed by atoms with Gasteiger partial charge in [0.2, 0.25) is 22.7 Å². The van der Waals surface area contributed by atoms with Gasteiger partial charge in [0.05, 0.1) is 24.4 Å². The Kier molecular flexibility index (Phi) is 5.30. The first-order chi connectivity index (χ1) is 12.8. The van der Waals surface area contributed by atoms with Crippen LogP contribution < -0.4 is 14.8 Å². The van der Waals surface area contributed by atoms with Crippen LogP contribution in [0.25, 0.3) is 0 Å². The fourth-order valence-corrected chi connectivity index (χ4v) is 3.26. The highest BCUT2D eigenvalue weighted by Crippen LogP contribution is 2.32. The molecule has 3 rings (SSSR count). The summed E-state index contributed by atoms with van der Waals surface area (Å²) in [5.74, 6) is 0.664. The monoisotopic (exact) mass is 387 g/mol. The molecule has 0 saturated heterocycles. The molecule has 0 radical (unpaired) electrons. The van der Waals surface area contributed by atoms with Crippen molar-refractivity contribution < 1.29 is 22.7 Å². The molecule has 0 saturated carbocycles. The number of carbonyl (C=O) groups is 1. The van der Waals surface area contributed by atoms with Crippen LogP contribution in [0.5, 0.6) is 11.5 Å². The van der Waals surface area contributed by atoms with Gasteiger partial charge in [0.15, 0.2) is 11.5 Å². The van der Waals surface area contributed by atoms with Gasteiger partial charge in [-0.3, -0.25) is 4.79 Å². The van der Waals surface area contributed by atoms with Crippen LogP contribution >= 0.6 is 0 Å². The zero-order valence-electron chi connectivity index (χ0n) is 14.5.